The van der Waals surface area contributed by atoms with E-state index in [1.807, 2.05) is 37.3 Å². The molecule has 2 aromatic rings. The number of rotatable bonds is 5. The minimum absolute atomic E-state index is 0.259. The van der Waals surface area contributed by atoms with Crippen LogP contribution in [0.2, 0.25) is 10.0 Å². The summed E-state index contributed by atoms with van der Waals surface area (Å²) in [6, 6.07) is 14.1. The Morgan fingerprint density at radius 3 is 2.57 bits per heavy atom. The third kappa shape index (κ3) is 4.38. The van der Waals surface area contributed by atoms with E-state index in [0.717, 1.165) is 0 Å². The topological polar surface area (TPSA) is 38.3 Å². The molecule has 0 spiro atoms. The van der Waals surface area contributed by atoms with Gasteiger partial charge in [0.25, 0.3) is 5.91 Å². The average Bonchev–Trinajstić information content (AvgIpc) is 2.49. The maximum atomic E-state index is 12.3. The van der Waals surface area contributed by atoms with Gasteiger partial charge < -0.3 is 10.1 Å². The molecule has 0 aliphatic heterocycles. The number of nitrogens with one attached hydrogen (secondary N) is 1. The first-order chi connectivity index (χ1) is 10.1. The Bertz CT molecular complexity index is 617. The molecule has 0 fully saturated rings. The molecule has 0 aromatic heterocycles. The van der Waals surface area contributed by atoms with Gasteiger partial charge in [-0.05, 0) is 36.8 Å². The van der Waals surface area contributed by atoms with Crippen LogP contribution in [0.4, 0.5) is 5.69 Å². The van der Waals surface area contributed by atoms with E-state index in [1.165, 1.54) is 0 Å². The van der Waals surface area contributed by atoms with Gasteiger partial charge in [-0.3, -0.25) is 4.79 Å². The van der Waals surface area contributed by atoms with Gasteiger partial charge in [0.15, 0.2) is 6.10 Å². The van der Waals surface area contributed by atoms with Crippen molar-refractivity contribution in [3.63, 3.8) is 0 Å². The van der Waals surface area contributed by atoms with Gasteiger partial charge in [-0.15, -0.1) is 0 Å². The van der Waals surface area contributed by atoms with Crippen LogP contribution in [0, 0.1) is 0 Å². The van der Waals surface area contributed by atoms with Crippen molar-refractivity contribution in [2.45, 2.75) is 19.4 Å². The summed E-state index contributed by atoms with van der Waals surface area (Å²) in [4.78, 5) is 12.3. The maximum Gasteiger partial charge on any atom is 0.265 e. The fraction of sp³-hybridized carbons (Fsp3) is 0.188. The van der Waals surface area contributed by atoms with Crippen molar-refractivity contribution in [2.75, 3.05) is 5.32 Å². The van der Waals surface area contributed by atoms with E-state index in [2.05, 4.69) is 5.32 Å². The SMILES string of the molecule is CC[C@@H](Oc1ccccc1)C(=O)Nc1cc(Cl)ccc1Cl. The van der Waals surface area contributed by atoms with Crippen LogP contribution in [-0.4, -0.2) is 12.0 Å². The van der Waals surface area contributed by atoms with E-state index in [1.54, 1.807) is 18.2 Å². The Kier molecular flexibility index (Phi) is 5.48. The molecule has 110 valence electrons. The summed E-state index contributed by atoms with van der Waals surface area (Å²) in [7, 11) is 0. The highest BCUT2D eigenvalue weighted by Crippen LogP contribution is 2.26. The minimum Gasteiger partial charge on any atom is -0.481 e. The van der Waals surface area contributed by atoms with Crippen LogP contribution in [0.5, 0.6) is 5.75 Å². The Hall–Kier alpha value is -1.71. The number of amides is 1. The number of hydrogen-bond acceptors (Lipinski definition) is 2. The van der Waals surface area contributed by atoms with Gasteiger partial charge in [0, 0.05) is 5.02 Å². The van der Waals surface area contributed by atoms with E-state index >= 15 is 0 Å². The fourth-order valence-corrected chi connectivity index (χ4v) is 2.13. The summed E-state index contributed by atoms with van der Waals surface area (Å²) in [5.74, 6) is 0.391. The highest BCUT2D eigenvalue weighted by Gasteiger charge is 2.19. The smallest absolute Gasteiger partial charge is 0.265 e. The number of hydrogen-bond donors (Lipinski definition) is 1. The molecule has 0 saturated carbocycles. The highest BCUT2D eigenvalue weighted by atomic mass is 35.5. The molecule has 0 bridgehead atoms. The number of ether oxygens (including phenoxy) is 1. The normalized spacial score (nSPS) is 11.8. The van der Waals surface area contributed by atoms with Crippen molar-refractivity contribution in [1.82, 2.24) is 0 Å². The van der Waals surface area contributed by atoms with Gasteiger partial charge in [-0.25, -0.2) is 0 Å². The first kappa shape index (κ1) is 15.7. The molecule has 2 rings (SSSR count). The lowest BCUT2D eigenvalue weighted by Crippen LogP contribution is -2.32. The van der Waals surface area contributed by atoms with E-state index < -0.39 is 6.10 Å². The van der Waals surface area contributed by atoms with Crippen molar-refractivity contribution in [3.8, 4) is 5.75 Å². The van der Waals surface area contributed by atoms with Gasteiger partial charge in [-0.2, -0.15) is 0 Å². The highest BCUT2D eigenvalue weighted by molar-refractivity contribution is 6.35. The van der Waals surface area contributed by atoms with Gasteiger partial charge in [0.05, 0.1) is 10.7 Å². The number of benzene rings is 2. The Morgan fingerprint density at radius 2 is 1.90 bits per heavy atom. The Balaban J connectivity index is 2.08. The number of para-hydroxylation sites is 1. The first-order valence-electron chi connectivity index (χ1n) is 6.57. The second kappa shape index (κ2) is 7.34. The monoisotopic (exact) mass is 323 g/mol. The summed E-state index contributed by atoms with van der Waals surface area (Å²) in [5.41, 5.74) is 0.476. The van der Waals surface area contributed by atoms with Gasteiger partial charge in [0.2, 0.25) is 0 Å². The number of halogens is 2. The first-order valence-corrected chi connectivity index (χ1v) is 7.33. The molecular weight excluding hydrogens is 309 g/mol. The molecule has 0 aliphatic carbocycles. The van der Waals surface area contributed by atoms with Gasteiger partial charge in [0.1, 0.15) is 5.75 Å². The number of carbonyl (C=O) groups excluding carboxylic acids is 1. The van der Waals surface area contributed by atoms with Gasteiger partial charge >= 0.3 is 0 Å². The summed E-state index contributed by atoms with van der Waals surface area (Å²) in [5, 5.41) is 3.68. The Labute approximate surface area is 133 Å². The lowest BCUT2D eigenvalue weighted by atomic mass is 10.2. The van der Waals surface area contributed by atoms with E-state index in [4.69, 9.17) is 27.9 Å². The molecule has 0 saturated heterocycles. The molecule has 0 heterocycles. The standard InChI is InChI=1S/C16H15Cl2NO2/c1-2-15(21-12-6-4-3-5-7-12)16(20)19-14-10-11(17)8-9-13(14)18/h3-10,15H,2H2,1H3,(H,19,20)/t15-/m1/s1. The van der Waals surface area contributed by atoms with Crippen LogP contribution >= 0.6 is 23.2 Å². The zero-order valence-electron chi connectivity index (χ0n) is 11.5. The summed E-state index contributed by atoms with van der Waals surface area (Å²) < 4.78 is 5.68. The third-order valence-electron chi connectivity index (χ3n) is 2.87. The molecule has 0 unspecified atom stereocenters. The van der Waals surface area contributed by atoms with Crippen LogP contribution in [0.1, 0.15) is 13.3 Å². The average molecular weight is 324 g/mol. The molecule has 2 aromatic carbocycles. The zero-order valence-corrected chi connectivity index (χ0v) is 13.0. The molecule has 0 radical (unpaired) electrons. The summed E-state index contributed by atoms with van der Waals surface area (Å²) >= 11 is 11.9. The van der Waals surface area contributed by atoms with Crippen molar-refractivity contribution >= 4 is 34.8 Å². The molecule has 21 heavy (non-hydrogen) atoms. The lowest BCUT2D eigenvalue weighted by molar-refractivity contribution is -0.122. The van der Waals surface area contributed by atoms with Gasteiger partial charge in [-0.1, -0.05) is 48.3 Å². The van der Waals surface area contributed by atoms with Crippen LogP contribution in [0.3, 0.4) is 0 Å². The molecule has 1 N–H and O–H groups in total. The van der Waals surface area contributed by atoms with Crippen LogP contribution < -0.4 is 10.1 Å². The summed E-state index contributed by atoms with van der Waals surface area (Å²) in [6.07, 6.45) is -0.0544. The zero-order chi connectivity index (χ0) is 15.2. The molecule has 1 amide bonds. The van der Waals surface area contributed by atoms with Crippen molar-refractivity contribution < 1.29 is 9.53 Å². The van der Waals surface area contributed by atoms with E-state index in [9.17, 15) is 4.79 Å². The quantitative estimate of drug-likeness (QED) is 0.859. The van der Waals surface area contributed by atoms with E-state index in [-0.39, 0.29) is 5.91 Å². The largest absolute Gasteiger partial charge is 0.481 e. The molecule has 5 heteroatoms. The second-order valence-corrected chi connectivity index (χ2v) is 5.28. The van der Waals surface area contributed by atoms with Crippen LogP contribution in [0.25, 0.3) is 0 Å². The number of carbonyl (C=O) groups is 1. The molecule has 1 atom stereocenters. The third-order valence-corrected chi connectivity index (χ3v) is 3.44. The van der Waals surface area contributed by atoms with Crippen molar-refractivity contribution in [2.24, 2.45) is 0 Å². The maximum absolute atomic E-state index is 12.3. The van der Waals surface area contributed by atoms with Crippen molar-refractivity contribution in [3.05, 3.63) is 58.6 Å². The van der Waals surface area contributed by atoms with Crippen molar-refractivity contribution in [1.29, 1.82) is 0 Å². The molecule has 3 nitrogen and oxygen atoms in total. The molecular formula is C16H15Cl2NO2. The fourth-order valence-electron chi connectivity index (χ4n) is 1.79. The number of anilines is 1. The minimum atomic E-state index is -0.595. The lowest BCUT2D eigenvalue weighted by Gasteiger charge is -2.17. The van der Waals surface area contributed by atoms with E-state index in [0.29, 0.717) is 27.9 Å². The molecule has 0 aliphatic rings. The second-order valence-electron chi connectivity index (χ2n) is 4.44. The predicted molar refractivity (Wildman–Crippen MR) is 86.2 cm³/mol. The summed E-state index contributed by atoms with van der Waals surface area (Å²) in [6.45, 7) is 1.88. The van der Waals surface area contributed by atoms with Crippen LogP contribution in [-0.2, 0) is 4.79 Å². The van der Waals surface area contributed by atoms with Crippen LogP contribution in [0.15, 0.2) is 48.5 Å². The predicted octanol–water partition coefficient (Wildman–Crippen LogP) is 4.79. The Morgan fingerprint density at radius 1 is 1.19 bits per heavy atom.